The minimum absolute atomic E-state index is 0.0144. The molecule has 0 spiro atoms. The maximum absolute atomic E-state index is 11.9. The van der Waals surface area contributed by atoms with E-state index >= 15 is 0 Å². The fourth-order valence-electron chi connectivity index (χ4n) is 1.56. The molecule has 0 fully saturated rings. The van der Waals surface area contributed by atoms with Crippen LogP contribution in [0.25, 0.3) is 0 Å². The second kappa shape index (κ2) is 7.07. The van der Waals surface area contributed by atoms with E-state index in [1.165, 1.54) is 31.2 Å². The van der Waals surface area contributed by atoms with E-state index in [0.29, 0.717) is 6.42 Å². The zero-order valence-corrected chi connectivity index (χ0v) is 12.6. The Kier molecular flexibility index (Phi) is 5.71. The van der Waals surface area contributed by atoms with Gasteiger partial charge in [0.2, 0.25) is 10.0 Å². The lowest BCUT2D eigenvalue weighted by molar-refractivity contribution is -0.138. The Morgan fingerprint density at radius 1 is 1.33 bits per heavy atom. The summed E-state index contributed by atoms with van der Waals surface area (Å²) >= 11 is 0. The fraction of sp³-hybridized carbons (Fsp3) is 0.385. The van der Waals surface area contributed by atoms with Crippen LogP contribution in [0.1, 0.15) is 30.6 Å². The summed E-state index contributed by atoms with van der Waals surface area (Å²) in [7, 11) is -3.44. The summed E-state index contributed by atoms with van der Waals surface area (Å²) < 4.78 is 25.7. The Balaban J connectivity index is 2.86. The van der Waals surface area contributed by atoms with E-state index in [0.717, 1.165) is 0 Å². The van der Waals surface area contributed by atoms with E-state index in [1.54, 1.807) is 6.92 Å². The van der Waals surface area contributed by atoms with Gasteiger partial charge in [-0.25, -0.2) is 8.42 Å². The predicted octanol–water partition coefficient (Wildman–Crippen LogP) is 1.04. The molecule has 0 saturated carbocycles. The summed E-state index contributed by atoms with van der Waals surface area (Å²) in [6.45, 7) is 3.09. The smallest absolute Gasteiger partial charge is 0.325 e. The van der Waals surface area contributed by atoms with Gasteiger partial charge in [-0.05, 0) is 31.5 Å². The van der Waals surface area contributed by atoms with E-state index in [1.807, 2.05) is 0 Å². The van der Waals surface area contributed by atoms with Gasteiger partial charge in [0.15, 0.2) is 0 Å². The Labute approximate surface area is 123 Å². The monoisotopic (exact) mass is 314 g/mol. The normalized spacial score (nSPS) is 12.5. The molecule has 7 nitrogen and oxygen atoms in total. The molecule has 1 atom stereocenters. The van der Waals surface area contributed by atoms with Crippen LogP contribution in [0.4, 0.5) is 5.69 Å². The maximum Gasteiger partial charge on any atom is 0.325 e. The highest BCUT2D eigenvalue weighted by atomic mass is 32.2. The SMILES string of the molecule is CCCS(=O)(=O)Nc1cccc(C(=O)NC(C)C(=O)O)c1. The summed E-state index contributed by atoms with van der Waals surface area (Å²) in [6.07, 6.45) is 0.478. The number of anilines is 1. The van der Waals surface area contributed by atoms with Crippen molar-refractivity contribution in [3.63, 3.8) is 0 Å². The van der Waals surface area contributed by atoms with Crippen LogP contribution in [0.15, 0.2) is 24.3 Å². The summed E-state index contributed by atoms with van der Waals surface area (Å²) in [4.78, 5) is 22.5. The number of carbonyl (C=O) groups excluding carboxylic acids is 1. The van der Waals surface area contributed by atoms with Gasteiger partial charge in [0.05, 0.1) is 5.75 Å². The van der Waals surface area contributed by atoms with Gasteiger partial charge in [-0.3, -0.25) is 14.3 Å². The molecule has 0 aromatic heterocycles. The van der Waals surface area contributed by atoms with Crippen LogP contribution in [0.5, 0.6) is 0 Å². The van der Waals surface area contributed by atoms with Crippen molar-refractivity contribution < 1.29 is 23.1 Å². The van der Waals surface area contributed by atoms with Gasteiger partial charge < -0.3 is 10.4 Å². The molecule has 116 valence electrons. The third kappa shape index (κ3) is 5.42. The topological polar surface area (TPSA) is 113 Å². The summed E-state index contributed by atoms with van der Waals surface area (Å²) in [6, 6.07) is 4.84. The van der Waals surface area contributed by atoms with E-state index in [2.05, 4.69) is 10.0 Å². The summed E-state index contributed by atoms with van der Waals surface area (Å²) in [5.41, 5.74) is 0.443. The first-order chi connectivity index (χ1) is 9.75. The van der Waals surface area contributed by atoms with Gasteiger partial charge >= 0.3 is 5.97 Å². The number of hydrogen-bond acceptors (Lipinski definition) is 4. The highest BCUT2D eigenvalue weighted by Gasteiger charge is 2.16. The number of aliphatic carboxylic acids is 1. The van der Waals surface area contributed by atoms with Crippen LogP contribution in [-0.4, -0.2) is 37.2 Å². The molecule has 1 unspecified atom stereocenters. The zero-order valence-electron chi connectivity index (χ0n) is 11.8. The highest BCUT2D eigenvalue weighted by molar-refractivity contribution is 7.92. The molecule has 0 radical (unpaired) electrons. The second-order valence-corrected chi connectivity index (χ2v) is 6.38. The molecular formula is C13H18N2O5S. The van der Waals surface area contributed by atoms with Gasteiger partial charge in [-0.2, -0.15) is 0 Å². The van der Waals surface area contributed by atoms with Crippen LogP contribution in [0, 0.1) is 0 Å². The van der Waals surface area contributed by atoms with Gasteiger partial charge in [0, 0.05) is 11.3 Å². The molecule has 0 bridgehead atoms. The minimum Gasteiger partial charge on any atom is -0.480 e. The number of carboxylic acids is 1. The van der Waals surface area contributed by atoms with Crippen molar-refractivity contribution in [1.29, 1.82) is 0 Å². The number of rotatable bonds is 7. The Morgan fingerprint density at radius 3 is 2.57 bits per heavy atom. The number of carboxylic acid groups (broad SMARTS) is 1. The highest BCUT2D eigenvalue weighted by Crippen LogP contribution is 2.13. The molecule has 1 amide bonds. The predicted molar refractivity (Wildman–Crippen MR) is 78.7 cm³/mol. The lowest BCUT2D eigenvalue weighted by Crippen LogP contribution is -2.38. The van der Waals surface area contributed by atoms with Crippen LogP contribution in [0.2, 0.25) is 0 Å². The van der Waals surface area contributed by atoms with E-state index in [4.69, 9.17) is 5.11 Å². The third-order valence-corrected chi connectivity index (χ3v) is 4.08. The first kappa shape index (κ1) is 17.0. The van der Waals surface area contributed by atoms with Crippen molar-refractivity contribution in [1.82, 2.24) is 5.32 Å². The average molecular weight is 314 g/mol. The van der Waals surface area contributed by atoms with Crippen LogP contribution in [0.3, 0.4) is 0 Å². The maximum atomic E-state index is 11.9. The van der Waals surface area contributed by atoms with Gasteiger partial charge in [-0.1, -0.05) is 13.0 Å². The molecule has 8 heteroatoms. The molecule has 1 rings (SSSR count). The largest absolute Gasteiger partial charge is 0.480 e. The lowest BCUT2D eigenvalue weighted by Gasteiger charge is -2.11. The zero-order chi connectivity index (χ0) is 16.0. The molecular weight excluding hydrogens is 296 g/mol. The first-order valence-electron chi connectivity index (χ1n) is 6.39. The van der Waals surface area contributed by atoms with Crippen molar-refractivity contribution >= 4 is 27.6 Å². The minimum atomic E-state index is -3.44. The van der Waals surface area contributed by atoms with Crippen LogP contribution < -0.4 is 10.0 Å². The number of nitrogens with one attached hydrogen (secondary N) is 2. The van der Waals surface area contributed by atoms with Gasteiger partial charge in [-0.15, -0.1) is 0 Å². The number of amides is 1. The molecule has 1 aromatic rings. The first-order valence-corrected chi connectivity index (χ1v) is 8.04. The van der Waals surface area contributed by atoms with Crippen molar-refractivity contribution in [2.24, 2.45) is 0 Å². The van der Waals surface area contributed by atoms with Crippen molar-refractivity contribution in [2.75, 3.05) is 10.5 Å². The quantitative estimate of drug-likeness (QED) is 0.696. The standard InChI is InChI=1S/C13H18N2O5S/c1-3-7-21(19,20)15-11-6-4-5-10(8-11)12(16)14-9(2)13(17)18/h4-6,8-9,15H,3,7H2,1-2H3,(H,14,16)(H,17,18). The van der Waals surface area contributed by atoms with Crippen LogP contribution >= 0.6 is 0 Å². The lowest BCUT2D eigenvalue weighted by atomic mass is 10.2. The molecule has 0 aliphatic carbocycles. The molecule has 1 aromatic carbocycles. The molecule has 0 aliphatic heterocycles. The second-order valence-electron chi connectivity index (χ2n) is 4.54. The van der Waals surface area contributed by atoms with E-state index in [9.17, 15) is 18.0 Å². The van der Waals surface area contributed by atoms with Crippen molar-refractivity contribution in [2.45, 2.75) is 26.3 Å². The third-order valence-electron chi connectivity index (χ3n) is 2.59. The number of benzene rings is 1. The number of carbonyl (C=O) groups is 2. The van der Waals surface area contributed by atoms with Gasteiger partial charge in [0.1, 0.15) is 6.04 Å². The van der Waals surface area contributed by atoms with E-state index in [-0.39, 0.29) is 17.0 Å². The van der Waals surface area contributed by atoms with Crippen molar-refractivity contribution in [3.8, 4) is 0 Å². The Hall–Kier alpha value is -2.09. The van der Waals surface area contributed by atoms with Crippen LogP contribution in [-0.2, 0) is 14.8 Å². The molecule has 0 saturated heterocycles. The Bertz CT molecular complexity index is 627. The summed E-state index contributed by atoms with van der Waals surface area (Å²) in [5, 5.41) is 11.0. The molecule has 0 aliphatic rings. The Morgan fingerprint density at radius 2 is 2.00 bits per heavy atom. The van der Waals surface area contributed by atoms with Crippen molar-refractivity contribution in [3.05, 3.63) is 29.8 Å². The molecule has 0 heterocycles. The number of sulfonamides is 1. The average Bonchev–Trinajstić information content (AvgIpc) is 2.37. The molecule has 21 heavy (non-hydrogen) atoms. The van der Waals surface area contributed by atoms with Gasteiger partial charge in [0.25, 0.3) is 5.91 Å². The summed E-state index contributed by atoms with van der Waals surface area (Å²) in [5.74, 6) is -1.75. The van der Waals surface area contributed by atoms with E-state index < -0.39 is 27.9 Å². The molecule has 3 N–H and O–H groups in total. The fourth-order valence-corrected chi connectivity index (χ4v) is 2.69. The number of hydrogen-bond donors (Lipinski definition) is 3.